The van der Waals surface area contributed by atoms with E-state index >= 15 is 0 Å². The van der Waals surface area contributed by atoms with Crippen molar-refractivity contribution < 1.29 is 4.79 Å². The van der Waals surface area contributed by atoms with Crippen LogP contribution in [0.3, 0.4) is 0 Å². The highest BCUT2D eigenvalue weighted by Gasteiger charge is 2.21. The fourth-order valence-electron chi connectivity index (χ4n) is 3.64. The summed E-state index contributed by atoms with van der Waals surface area (Å²) in [4.78, 5) is 27.1. The van der Waals surface area contributed by atoms with Crippen molar-refractivity contribution in [3.05, 3.63) is 93.9 Å². The number of hydrogen-bond donors (Lipinski definition) is 1. The van der Waals surface area contributed by atoms with E-state index in [4.69, 9.17) is 0 Å². The first kappa shape index (κ1) is 19.1. The second-order valence-electron chi connectivity index (χ2n) is 7.35. The van der Waals surface area contributed by atoms with Crippen LogP contribution < -0.4 is 10.9 Å². The van der Waals surface area contributed by atoms with Crippen molar-refractivity contribution in [3.8, 4) is 5.69 Å². The SMILES string of the molecule is CC(CNC(=O)c1ccc(=O)n(-c2ccccc2)n1)N1CCc2ccccc2C1. The molecule has 1 aromatic heterocycles. The lowest BCUT2D eigenvalue weighted by Gasteiger charge is -2.33. The van der Waals surface area contributed by atoms with Crippen LogP contribution in [0.25, 0.3) is 5.69 Å². The maximum absolute atomic E-state index is 12.6. The van der Waals surface area contributed by atoms with E-state index < -0.39 is 0 Å². The minimum absolute atomic E-state index is 0.201. The number of nitrogens with one attached hydrogen (secondary N) is 1. The summed E-state index contributed by atoms with van der Waals surface area (Å²) in [5.41, 5.74) is 3.35. The third-order valence-corrected chi connectivity index (χ3v) is 5.38. The number of benzene rings is 2. The van der Waals surface area contributed by atoms with Gasteiger partial charge in [0.2, 0.25) is 0 Å². The molecule has 6 nitrogen and oxygen atoms in total. The van der Waals surface area contributed by atoms with E-state index in [0.29, 0.717) is 12.2 Å². The Kier molecular flexibility index (Phi) is 5.53. The van der Waals surface area contributed by atoms with Crippen LogP contribution in [-0.4, -0.2) is 39.7 Å². The molecule has 1 unspecified atom stereocenters. The predicted molar refractivity (Wildman–Crippen MR) is 112 cm³/mol. The molecule has 1 aliphatic heterocycles. The van der Waals surface area contributed by atoms with Crippen LogP contribution >= 0.6 is 0 Å². The molecule has 148 valence electrons. The van der Waals surface area contributed by atoms with Crippen LogP contribution in [0.1, 0.15) is 28.5 Å². The lowest BCUT2D eigenvalue weighted by molar-refractivity contribution is 0.0925. The molecule has 2 heterocycles. The Balaban J connectivity index is 1.41. The molecule has 0 radical (unpaired) electrons. The maximum Gasteiger partial charge on any atom is 0.271 e. The summed E-state index contributed by atoms with van der Waals surface area (Å²) in [7, 11) is 0. The van der Waals surface area contributed by atoms with Crippen LogP contribution in [0.4, 0.5) is 0 Å². The Morgan fingerprint density at radius 2 is 1.76 bits per heavy atom. The molecule has 0 fully saturated rings. The normalized spacial score (nSPS) is 14.8. The first-order valence-electron chi connectivity index (χ1n) is 9.86. The zero-order valence-electron chi connectivity index (χ0n) is 16.4. The average molecular weight is 388 g/mol. The Morgan fingerprint density at radius 3 is 2.55 bits per heavy atom. The molecule has 2 aromatic carbocycles. The molecule has 1 amide bonds. The van der Waals surface area contributed by atoms with Crippen LogP contribution in [0.2, 0.25) is 0 Å². The van der Waals surface area contributed by atoms with E-state index in [1.54, 1.807) is 12.1 Å². The molecule has 1 atom stereocenters. The molecule has 6 heteroatoms. The number of aromatic nitrogens is 2. The van der Waals surface area contributed by atoms with Crippen LogP contribution in [0.5, 0.6) is 0 Å². The van der Waals surface area contributed by atoms with Gasteiger partial charge < -0.3 is 5.32 Å². The smallest absolute Gasteiger partial charge is 0.271 e. The molecule has 0 bridgehead atoms. The van der Waals surface area contributed by atoms with Gasteiger partial charge in [0.05, 0.1) is 5.69 Å². The summed E-state index contributed by atoms with van der Waals surface area (Å²) in [5, 5.41) is 7.20. The molecular weight excluding hydrogens is 364 g/mol. The molecule has 1 aliphatic rings. The van der Waals surface area contributed by atoms with Crippen LogP contribution in [0, 0.1) is 0 Å². The topological polar surface area (TPSA) is 67.2 Å². The second kappa shape index (κ2) is 8.41. The zero-order valence-corrected chi connectivity index (χ0v) is 16.4. The zero-order chi connectivity index (χ0) is 20.2. The quantitative estimate of drug-likeness (QED) is 0.729. The van der Waals surface area contributed by atoms with Gasteiger partial charge in [0.15, 0.2) is 0 Å². The van der Waals surface area contributed by atoms with Gasteiger partial charge in [-0.25, -0.2) is 0 Å². The van der Waals surface area contributed by atoms with Gasteiger partial charge in [0.1, 0.15) is 5.69 Å². The molecular formula is C23H24N4O2. The summed E-state index contributed by atoms with van der Waals surface area (Å²) in [6.07, 6.45) is 1.03. The van der Waals surface area contributed by atoms with Gasteiger partial charge >= 0.3 is 0 Å². The van der Waals surface area contributed by atoms with Crippen molar-refractivity contribution >= 4 is 5.91 Å². The van der Waals surface area contributed by atoms with E-state index in [1.165, 1.54) is 27.9 Å². The van der Waals surface area contributed by atoms with Crippen molar-refractivity contribution in [1.82, 2.24) is 20.0 Å². The van der Waals surface area contributed by atoms with Gasteiger partial charge in [-0.1, -0.05) is 42.5 Å². The highest BCUT2D eigenvalue weighted by Crippen LogP contribution is 2.20. The molecule has 1 N–H and O–H groups in total. The number of fused-ring (bicyclic) bond motifs is 1. The number of carbonyl (C=O) groups excluding carboxylic acids is 1. The molecule has 0 saturated carbocycles. The fraction of sp³-hybridized carbons (Fsp3) is 0.261. The monoisotopic (exact) mass is 388 g/mol. The highest BCUT2D eigenvalue weighted by atomic mass is 16.2. The third kappa shape index (κ3) is 4.27. The van der Waals surface area contributed by atoms with Crippen LogP contribution in [0.15, 0.2) is 71.5 Å². The highest BCUT2D eigenvalue weighted by molar-refractivity contribution is 5.92. The Bertz CT molecular complexity index is 1060. The minimum Gasteiger partial charge on any atom is -0.349 e. The Hall–Kier alpha value is -3.25. The molecule has 29 heavy (non-hydrogen) atoms. The third-order valence-electron chi connectivity index (χ3n) is 5.38. The van der Waals surface area contributed by atoms with Gasteiger partial charge in [0.25, 0.3) is 11.5 Å². The van der Waals surface area contributed by atoms with E-state index in [0.717, 1.165) is 19.5 Å². The summed E-state index contributed by atoms with van der Waals surface area (Å²) in [5.74, 6) is -0.279. The predicted octanol–water partition coefficient (Wildman–Crippen LogP) is 2.41. The van der Waals surface area contributed by atoms with E-state index in [2.05, 4.69) is 46.5 Å². The van der Waals surface area contributed by atoms with E-state index in [9.17, 15) is 9.59 Å². The number of amides is 1. The molecule has 4 rings (SSSR count). The summed E-state index contributed by atoms with van der Waals surface area (Å²) < 4.78 is 1.25. The average Bonchev–Trinajstić information content (AvgIpc) is 2.77. The largest absolute Gasteiger partial charge is 0.349 e. The van der Waals surface area contributed by atoms with Gasteiger partial charge in [-0.05, 0) is 42.7 Å². The number of carbonyl (C=O) groups is 1. The van der Waals surface area contributed by atoms with Crippen molar-refractivity contribution in [2.45, 2.75) is 25.9 Å². The van der Waals surface area contributed by atoms with Crippen LogP contribution in [-0.2, 0) is 13.0 Å². The number of nitrogens with zero attached hydrogens (tertiary/aromatic N) is 3. The number of para-hydroxylation sites is 1. The first-order valence-corrected chi connectivity index (χ1v) is 9.86. The summed E-state index contributed by atoms with van der Waals surface area (Å²) in [6, 6.07) is 20.7. The fourth-order valence-corrected chi connectivity index (χ4v) is 3.64. The van der Waals surface area contributed by atoms with Crippen molar-refractivity contribution in [2.75, 3.05) is 13.1 Å². The van der Waals surface area contributed by atoms with Gasteiger partial charge in [-0.15, -0.1) is 0 Å². The summed E-state index contributed by atoms with van der Waals surface area (Å²) in [6.45, 7) is 4.51. The lowest BCUT2D eigenvalue weighted by atomic mass is 9.99. The molecule has 3 aromatic rings. The molecule has 0 saturated heterocycles. The van der Waals surface area contributed by atoms with Gasteiger partial charge in [-0.2, -0.15) is 9.78 Å². The summed E-state index contributed by atoms with van der Waals surface area (Å²) >= 11 is 0. The van der Waals surface area contributed by atoms with Gasteiger partial charge in [0, 0.05) is 31.7 Å². The standard InChI is InChI=1S/C23H24N4O2/c1-17(26-14-13-18-7-5-6-8-19(18)16-26)15-24-23(29)21-11-12-22(28)27(25-21)20-9-3-2-4-10-20/h2-12,17H,13-16H2,1H3,(H,24,29). The van der Waals surface area contributed by atoms with E-state index in [1.807, 2.05) is 18.2 Å². The Morgan fingerprint density at radius 1 is 1.03 bits per heavy atom. The maximum atomic E-state index is 12.6. The minimum atomic E-state index is -0.279. The Labute approximate surface area is 169 Å². The van der Waals surface area contributed by atoms with Crippen molar-refractivity contribution in [1.29, 1.82) is 0 Å². The lowest BCUT2D eigenvalue weighted by Crippen LogP contribution is -2.44. The molecule has 0 spiro atoms. The van der Waals surface area contributed by atoms with E-state index in [-0.39, 0.29) is 23.2 Å². The first-order chi connectivity index (χ1) is 14.1. The van der Waals surface area contributed by atoms with Crippen molar-refractivity contribution in [3.63, 3.8) is 0 Å². The van der Waals surface area contributed by atoms with Crippen molar-refractivity contribution in [2.24, 2.45) is 0 Å². The molecule has 0 aliphatic carbocycles. The number of rotatable bonds is 5. The number of hydrogen-bond acceptors (Lipinski definition) is 4. The van der Waals surface area contributed by atoms with Gasteiger partial charge in [-0.3, -0.25) is 14.5 Å². The second-order valence-corrected chi connectivity index (χ2v) is 7.35.